The maximum absolute atomic E-state index is 14.4. The quantitative estimate of drug-likeness (QED) is 0.308. The van der Waals surface area contributed by atoms with Crippen molar-refractivity contribution in [1.82, 2.24) is 19.6 Å². The Bertz CT molecular complexity index is 1450. The zero-order valence-corrected chi connectivity index (χ0v) is 30.2. The largest absolute Gasteiger partial charge is 0.508 e. The second kappa shape index (κ2) is 17.1. The van der Waals surface area contributed by atoms with E-state index in [9.17, 15) is 28.7 Å². The maximum Gasteiger partial charge on any atom is 0.320 e. The summed E-state index contributed by atoms with van der Waals surface area (Å²) in [6.07, 6.45) is 0.346. The van der Waals surface area contributed by atoms with Crippen molar-refractivity contribution in [2.75, 3.05) is 53.4 Å². The van der Waals surface area contributed by atoms with Crippen LogP contribution in [-0.2, 0) is 42.2 Å². The lowest BCUT2D eigenvalue weighted by Crippen LogP contribution is -2.60. The van der Waals surface area contributed by atoms with E-state index in [1.807, 2.05) is 45.6 Å². The zero-order valence-electron chi connectivity index (χ0n) is 30.2. The average Bonchev–Trinajstić information content (AvgIpc) is 3.04. The van der Waals surface area contributed by atoms with Gasteiger partial charge in [0.25, 0.3) is 0 Å². The minimum absolute atomic E-state index is 0.139. The highest BCUT2D eigenvalue weighted by molar-refractivity contribution is 5.93. The van der Waals surface area contributed by atoms with Crippen LogP contribution in [0.4, 0.5) is 4.39 Å². The molecule has 3 amide bonds. The first kappa shape index (κ1) is 39.4. The first-order valence-electron chi connectivity index (χ1n) is 17.0. The predicted molar refractivity (Wildman–Crippen MR) is 186 cm³/mol. The van der Waals surface area contributed by atoms with Crippen LogP contribution in [0.3, 0.4) is 0 Å². The molecular formula is C37H54FN5O6. The fraction of sp³-hybridized carbons (Fsp3) is 0.568. The Morgan fingerprint density at radius 2 is 1.51 bits per heavy atom. The summed E-state index contributed by atoms with van der Waals surface area (Å²) in [6, 6.07) is 8.19. The van der Waals surface area contributed by atoms with Crippen LogP contribution in [0.25, 0.3) is 0 Å². The molecule has 270 valence electrons. The van der Waals surface area contributed by atoms with E-state index in [4.69, 9.17) is 10.5 Å². The van der Waals surface area contributed by atoms with Gasteiger partial charge < -0.3 is 30.3 Å². The summed E-state index contributed by atoms with van der Waals surface area (Å²) in [6.45, 7) is 13.5. The number of nitrogens with zero attached hydrogens (tertiary/aromatic N) is 4. The number of amides is 3. The standard InChI is InChI=1S/C37H54FN5O6/c1-9-49-32(45)23-42-16-18-43(19-17-42)35(47)30(22-26-12-15-31(44)28(20-26)37(4,5)6)40(7)36(48)33(24(2)3)41(8)34(46)29(39)21-25-10-13-27(38)14-11-25/h10-15,20,24,29-30,33,44H,9,16-19,21-23,39H2,1-8H3/t29-,30-,33-/m0/s1. The molecule has 1 fully saturated rings. The number of carbonyl (C=O) groups is 4. The minimum atomic E-state index is -0.967. The topological polar surface area (TPSA) is 137 Å². The minimum Gasteiger partial charge on any atom is -0.508 e. The molecule has 12 heteroatoms. The normalized spacial score (nSPS) is 15.8. The summed E-state index contributed by atoms with van der Waals surface area (Å²) in [5.74, 6) is -1.97. The molecule has 1 heterocycles. The van der Waals surface area contributed by atoms with E-state index < -0.39 is 29.9 Å². The molecule has 3 atom stereocenters. The Kier molecular flexibility index (Phi) is 13.7. The zero-order chi connectivity index (χ0) is 36.6. The van der Waals surface area contributed by atoms with Crippen molar-refractivity contribution >= 4 is 23.7 Å². The van der Waals surface area contributed by atoms with E-state index in [0.29, 0.717) is 38.3 Å². The molecule has 3 N–H and O–H groups in total. The summed E-state index contributed by atoms with van der Waals surface area (Å²) in [5.41, 5.74) is 8.12. The number of esters is 1. The van der Waals surface area contributed by atoms with Crippen molar-refractivity contribution in [3.05, 3.63) is 65.0 Å². The number of hydrogen-bond donors (Lipinski definition) is 2. The molecule has 1 saturated heterocycles. The monoisotopic (exact) mass is 683 g/mol. The molecule has 0 bridgehead atoms. The third kappa shape index (κ3) is 10.5. The van der Waals surface area contributed by atoms with E-state index in [0.717, 1.165) is 11.1 Å². The van der Waals surface area contributed by atoms with Crippen LogP contribution >= 0.6 is 0 Å². The van der Waals surface area contributed by atoms with Gasteiger partial charge in [-0.05, 0) is 59.6 Å². The number of ether oxygens (including phenoxy) is 1. The summed E-state index contributed by atoms with van der Waals surface area (Å²) < 4.78 is 18.5. The fourth-order valence-electron chi connectivity index (χ4n) is 6.27. The summed E-state index contributed by atoms with van der Waals surface area (Å²) >= 11 is 0. The molecular weight excluding hydrogens is 629 g/mol. The summed E-state index contributed by atoms with van der Waals surface area (Å²) in [5, 5.41) is 10.6. The maximum atomic E-state index is 14.4. The molecule has 2 aromatic rings. The molecule has 0 saturated carbocycles. The molecule has 3 rings (SSSR count). The van der Waals surface area contributed by atoms with Crippen molar-refractivity contribution in [2.45, 2.75) is 77.9 Å². The number of carbonyl (C=O) groups excluding carboxylic acids is 4. The van der Waals surface area contributed by atoms with Crippen LogP contribution in [0.2, 0.25) is 0 Å². The number of halogens is 1. The van der Waals surface area contributed by atoms with Gasteiger partial charge in [0.05, 0.1) is 19.2 Å². The molecule has 0 aromatic heterocycles. The van der Waals surface area contributed by atoms with Gasteiger partial charge in [-0.1, -0.05) is 58.9 Å². The van der Waals surface area contributed by atoms with Gasteiger partial charge in [0.2, 0.25) is 17.7 Å². The number of rotatable bonds is 13. The number of benzene rings is 2. The molecule has 2 aromatic carbocycles. The van der Waals surface area contributed by atoms with Crippen LogP contribution < -0.4 is 5.73 Å². The molecule has 49 heavy (non-hydrogen) atoms. The third-order valence-electron chi connectivity index (χ3n) is 9.08. The third-order valence-corrected chi connectivity index (χ3v) is 9.08. The number of piperazine rings is 1. The smallest absolute Gasteiger partial charge is 0.320 e. The molecule has 0 aliphatic carbocycles. The highest BCUT2D eigenvalue weighted by Gasteiger charge is 2.39. The van der Waals surface area contributed by atoms with Crippen molar-refractivity contribution < 1.29 is 33.4 Å². The van der Waals surface area contributed by atoms with Gasteiger partial charge in [-0.15, -0.1) is 0 Å². The summed E-state index contributed by atoms with van der Waals surface area (Å²) in [7, 11) is 3.12. The first-order valence-corrected chi connectivity index (χ1v) is 17.0. The van der Waals surface area contributed by atoms with Crippen LogP contribution in [0.1, 0.15) is 58.2 Å². The highest BCUT2D eigenvalue weighted by Crippen LogP contribution is 2.32. The van der Waals surface area contributed by atoms with E-state index in [2.05, 4.69) is 0 Å². The number of likely N-dealkylation sites (N-methyl/N-ethyl adjacent to an activating group) is 2. The van der Waals surface area contributed by atoms with Crippen molar-refractivity contribution in [1.29, 1.82) is 0 Å². The Balaban J connectivity index is 1.88. The number of phenolic OH excluding ortho intramolecular Hbond substituents is 1. The van der Waals surface area contributed by atoms with Crippen molar-refractivity contribution in [3.63, 3.8) is 0 Å². The van der Waals surface area contributed by atoms with Crippen LogP contribution in [0.5, 0.6) is 5.75 Å². The summed E-state index contributed by atoms with van der Waals surface area (Å²) in [4.78, 5) is 60.7. The van der Waals surface area contributed by atoms with E-state index >= 15 is 0 Å². The van der Waals surface area contributed by atoms with E-state index in [-0.39, 0.29) is 54.2 Å². The van der Waals surface area contributed by atoms with Gasteiger partial charge >= 0.3 is 5.97 Å². The van der Waals surface area contributed by atoms with Gasteiger partial charge in [0, 0.05) is 46.7 Å². The molecule has 0 radical (unpaired) electrons. The molecule has 0 unspecified atom stereocenters. The van der Waals surface area contributed by atoms with Gasteiger partial charge in [-0.25, -0.2) is 4.39 Å². The second-order valence-corrected chi connectivity index (χ2v) is 14.3. The second-order valence-electron chi connectivity index (χ2n) is 14.3. The molecule has 1 aliphatic heterocycles. The van der Waals surface area contributed by atoms with Gasteiger partial charge in [-0.2, -0.15) is 0 Å². The number of phenols is 1. The van der Waals surface area contributed by atoms with Crippen LogP contribution in [0, 0.1) is 11.7 Å². The van der Waals surface area contributed by atoms with Gasteiger partial charge in [0.1, 0.15) is 23.7 Å². The Labute approximate surface area is 290 Å². The Morgan fingerprint density at radius 3 is 2.06 bits per heavy atom. The van der Waals surface area contributed by atoms with E-state index in [1.165, 1.54) is 21.9 Å². The lowest BCUT2D eigenvalue weighted by molar-refractivity contribution is -0.152. The number of aromatic hydroxyl groups is 1. The fourth-order valence-corrected chi connectivity index (χ4v) is 6.27. The highest BCUT2D eigenvalue weighted by atomic mass is 19.1. The average molecular weight is 684 g/mol. The molecule has 1 aliphatic rings. The molecule has 11 nitrogen and oxygen atoms in total. The first-order chi connectivity index (χ1) is 22.9. The SMILES string of the molecule is CCOC(=O)CN1CCN(C(=O)[C@H](Cc2ccc(O)c(C(C)(C)C)c2)N(C)C(=O)[C@H](C(C)C)N(C)C(=O)[C@@H](N)Cc2ccc(F)cc2)CC1. The van der Waals surface area contributed by atoms with Gasteiger partial charge in [0.15, 0.2) is 0 Å². The number of nitrogens with two attached hydrogens (primary N) is 1. The van der Waals surface area contributed by atoms with Gasteiger partial charge in [-0.3, -0.25) is 24.1 Å². The predicted octanol–water partition coefficient (Wildman–Crippen LogP) is 2.96. The van der Waals surface area contributed by atoms with Crippen molar-refractivity contribution in [2.24, 2.45) is 11.7 Å². The van der Waals surface area contributed by atoms with Crippen LogP contribution in [-0.4, -0.2) is 120 Å². The van der Waals surface area contributed by atoms with Crippen LogP contribution in [0.15, 0.2) is 42.5 Å². The Hall–Kier alpha value is -4.03. The molecule has 0 spiro atoms. The van der Waals surface area contributed by atoms with E-state index in [1.54, 1.807) is 50.2 Å². The lowest BCUT2D eigenvalue weighted by atomic mass is 9.84. The van der Waals surface area contributed by atoms with Crippen molar-refractivity contribution in [3.8, 4) is 5.75 Å². The lowest BCUT2D eigenvalue weighted by Gasteiger charge is -2.40. The number of hydrogen-bond acceptors (Lipinski definition) is 8. The Morgan fingerprint density at radius 1 is 0.918 bits per heavy atom.